The summed E-state index contributed by atoms with van der Waals surface area (Å²) in [4.78, 5) is 32.2. The van der Waals surface area contributed by atoms with Crippen molar-refractivity contribution in [1.82, 2.24) is 9.88 Å². The number of ether oxygens (including phenoxy) is 4. The molecule has 11 nitrogen and oxygen atoms in total. The number of benzene rings is 2. The van der Waals surface area contributed by atoms with Crippen molar-refractivity contribution in [1.29, 1.82) is 0 Å². The molecule has 12 heteroatoms. The molecule has 3 heterocycles. The molecule has 1 saturated heterocycles. The molecule has 45 heavy (non-hydrogen) atoms. The number of esters is 2. The van der Waals surface area contributed by atoms with Crippen molar-refractivity contribution in [2.45, 2.75) is 49.3 Å². The smallest absolute Gasteiger partial charge is 0.331 e. The van der Waals surface area contributed by atoms with Gasteiger partial charge in [0, 0.05) is 48.9 Å². The Morgan fingerprint density at radius 2 is 1.89 bits per heavy atom. The number of carbonyl (C=O) groups excluding carboxylic acids is 2. The summed E-state index contributed by atoms with van der Waals surface area (Å²) >= 11 is 0. The predicted molar refractivity (Wildman–Crippen MR) is 165 cm³/mol. The minimum atomic E-state index is -4.41. The van der Waals surface area contributed by atoms with E-state index in [-0.39, 0.29) is 22.8 Å². The van der Waals surface area contributed by atoms with Crippen molar-refractivity contribution in [3.63, 3.8) is 0 Å². The number of nitrogens with one attached hydrogen (secondary N) is 1. The van der Waals surface area contributed by atoms with E-state index in [0.29, 0.717) is 17.5 Å². The second kappa shape index (κ2) is 12.2. The van der Waals surface area contributed by atoms with Crippen molar-refractivity contribution >= 4 is 39.0 Å². The molecule has 2 aliphatic heterocycles. The molecule has 0 bridgehead atoms. The van der Waals surface area contributed by atoms with Crippen LogP contribution >= 0.6 is 0 Å². The molecule has 1 aliphatic carbocycles. The summed E-state index contributed by atoms with van der Waals surface area (Å²) < 4.78 is 55.4. The Hall–Kier alpha value is -3.71. The summed E-state index contributed by atoms with van der Waals surface area (Å²) in [6.45, 7) is 3.19. The van der Waals surface area contributed by atoms with Gasteiger partial charge >= 0.3 is 11.9 Å². The molecule has 0 radical (unpaired) electrons. The fraction of sp³-hybridized carbons (Fsp3) is 0.455. The highest BCUT2D eigenvalue weighted by atomic mass is 32.2. The zero-order chi connectivity index (χ0) is 32.0. The minimum absolute atomic E-state index is 0.0487. The zero-order valence-electron chi connectivity index (χ0n) is 25.7. The molecule has 6 rings (SSSR count). The van der Waals surface area contributed by atoms with Gasteiger partial charge in [0.1, 0.15) is 18.0 Å². The number of hydrogen-bond acceptors (Lipinski definition) is 9. The van der Waals surface area contributed by atoms with E-state index in [2.05, 4.69) is 16.0 Å². The Bertz CT molecular complexity index is 1760. The van der Waals surface area contributed by atoms with Gasteiger partial charge in [-0.15, -0.1) is 0 Å². The van der Waals surface area contributed by atoms with Crippen molar-refractivity contribution in [2.75, 3.05) is 34.4 Å². The average Bonchev–Trinajstić information content (AvgIpc) is 3.40. The first kappa shape index (κ1) is 31.3. The van der Waals surface area contributed by atoms with Gasteiger partial charge in [-0.3, -0.25) is 14.2 Å². The van der Waals surface area contributed by atoms with Crippen molar-refractivity contribution in [3.8, 4) is 5.75 Å². The lowest BCUT2D eigenvalue weighted by atomic mass is 9.63. The maximum atomic E-state index is 13.3. The standard InChI is InChI=1S/C33H38N2O9S/c1-18-5-6-19(13-28(18)45(38,39)40)7-10-29(36)44-27-14-20-17-35-12-11-23-22-9-8-21(41-2)15-25(22)34-31(23)26(35)16-24(20)30(32(27)42-3)33(37)43-4/h5-10,13,15,20,24,26-27,30,32,34H,11-12,14,16-17H2,1-4H3,(H,38,39,40)/b10-7+/t20-,24+,26-,27-,30+,32+/m1/s1. The Balaban J connectivity index is 1.24. The molecular weight excluding hydrogens is 600 g/mol. The molecule has 240 valence electrons. The first-order valence-corrected chi connectivity index (χ1v) is 16.5. The lowest BCUT2D eigenvalue weighted by molar-refractivity contribution is -0.187. The molecule has 0 unspecified atom stereocenters. The highest BCUT2D eigenvalue weighted by Gasteiger charge is 2.54. The van der Waals surface area contributed by atoms with Crippen molar-refractivity contribution in [2.24, 2.45) is 17.8 Å². The number of carbonyl (C=O) groups is 2. The number of aryl methyl sites for hydroxylation is 1. The first-order chi connectivity index (χ1) is 21.5. The van der Waals surface area contributed by atoms with Crippen LogP contribution in [0.3, 0.4) is 0 Å². The van der Waals surface area contributed by atoms with E-state index in [4.69, 9.17) is 18.9 Å². The van der Waals surface area contributed by atoms with Gasteiger partial charge < -0.3 is 23.9 Å². The Labute approximate surface area is 262 Å². The molecule has 2 aromatic carbocycles. The topological polar surface area (TPSA) is 144 Å². The van der Waals surface area contributed by atoms with E-state index in [1.807, 2.05) is 12.1 Å². The molecular formula is C33H38N2O9S. The third-order valence-electron chi connectivity index (χ3n) is 9.77. The monoisotopic (exact) mass is 638 g/mol. The molecule has 1 saturated carbocycles. The number of H-pyrrole nitrogens is 1. The summed E-state index contributed by atoms with van der Waals surface area (Å²) in [6, 6.07) is 10.7. The number of hydrogen-bond donors (Lipinski definition) is 2. The van der Waals surface area contributed by atoms with Gasteiger partial charge in [0.15, 0.2) is 0 Å². The van der Waals surface area contributed by atoms with Crippen LogP contribution in [-0.4, -0.2) is 81.4 Å². The van der Waals surface area contributed by atoms with E-state index < -0.39 is 40.2 Å². The number of aromatic nitrogens is 1. The lowest BCUT2D eigenvalue weighted by Gasteiger charge is -2.52. The van der Waals surface area contributed by atoms with Crippen LogP contribution in [0.25, 0.3) is 17.0 Å². The van der Waals surface area contributed by atoms with Crippen molar-refractivity contribution in [3.05, 3.63) is 64.9 Å². The Morgan fingerprint density at radius 3 is 2.60 bits per heavy atom. The second-order valence-corrected chi connectivity index (χ2v) is 13.5. The summed E-state index contributed by atoms with van der Waals surface area (Å²) in [5.41, 5.74) is 4.30. The van der Waals surface area contributed by atoms with Gasteiger partial charge in [0.05, 0.1) is 31.1 Å². The van der Waals surface area contributed by atoms with Gasteiger partial charge in [0.25, 0.3) is 10.1 Å². The van der Waals surface area contributed by atoms with Crippen LogP contribution in [0, 0.1) is 24.7 Å². The van der Waals surface area contributed by atoms with Gasteiger partial charge in [0.2, 0.25) is 0 Å². The molecule has 2 N–H and O–H groups in total. The van der Waals surface area contributed by atoms with E-state index in [1.165, 1.54) is 49.1 Å². The molecule has 3 aliphatic rings. The fourth-order valence-corrected chi connectivity index (χ4v) is 8.47. The Kier molecular flexibility index (Phi) is 8.51. The van der Waals surface area contributed by atoms with E-state index in [0.717, 1.165) is 37.2 Å². The molecule has 6 atom stereocenters. The zero-order valence-corrected chi connectivity index (χ0v) is 26.5. The third-order valence-corrected chi connectivity index (χ3v) is 10.8. The van der Waals surface area contributed by atoms with Crippen LogP contribution in [0.1, 0.15) is 41.3 Å². The van der Waals surface area contributed by atoms with Crippen LogP contribution < -0.4 is 4.74 Å². The number of aromatic amines is 1. The maximum absolute atomic E-state index is 13.3. The van der Waals surface area contributed by atoms with Gasteiger partial charge in [-0.2, -0.15) is 8.42 Å². The molecule has 0 amide bonds. The number of fused-ring (bicyclic) bond motifs is 6. The summed E-state index contributed by atoms with van der Waals surface area (Å²) in [5, 5.41) is 1.19. The number of methoxy groups -OCH3 is 3. The number of rotatable bonds is 7. The van der Waals surface area contributed by atoms with Gasteiger partial charge in [-0.25, -0.2) is 4.79 Å². The third kappa shape index (κ3) is 5.87. The van der Waals surface area contributed by atoms with Gasteiger partial charge in [-0.1, -0.05) is 12.1 Å². The largest absolute Gasteiger partial charge is 0.497 e. The summed E-state index contributed by atoms with van der Waals surface area (Å²) in [5.74, 6) is -0.863. The minimum Gasteiger partial charge on any atom is -0.497 e. The quantitative estimate of drug-likeness (QED) is 0.221. The molecule has 0 spiro atoms. The van der Waals surface area contributed by atoms with Crippen LogP contribution in [0.2, 0.25) is 0 Å². The summed E-state index contributed by atoms with van der Waals surface area (Å²) in [6.07, 6.45) is 3.38. The molecule has 3 aromatic rings. The molecule has 2 fully saturated rings. The van der Waals surface area contributed by atoms with Crippen molar-refractivity contribution < 1.29 is 41.5 Å². The lowest BCUT2D eigenvalue weighted by Crippen LogP contribution is -2.58. The maximum Gasteiger partial charge on any atom is 0.331 e. The number of nitrogens with zero attached hydrogens (tertiary/aromatic N) is 1. The van der Waals surface area contributed by atoms with E-state index >= 15 is 0 Å². The van der Waals surface area contributed by atoms with Crippen LogP contribution in [-0.2, 0) is 40.3 Å². The first-order valence-electron chi connectivity index (χ1n) is 15.0. The predicted octanol–water partition coefficient (Wildman–Crippen LogP) is 4.10. The van der Waals surface area contributed by atoms with Gasteiger partial charge in [-0.05, 0) is 79.0 Å². The SMILES string of the molecule is COC(=O)[C@H]1[C@H]2C[C@@H]3c4[nH]c5cc(OC)ccc5c4CCN3C[C@H]2C[C@@H](OC(=O)/C=C/c2ccc(C)c(S(=O)(=O)O)c2)[C@@H]1OC. The van der Waals surface area contributed by atoms with Crippen LogP contribution in [0.5, 0.6) is 5.75 Å². The molecule has 1 aromatic heterocycles. The summed E-state index contributed by atoms with van der Waals surface area (Å²) in [7, 11) is 0.121. The second-order valence-electron chi connectivity index (χ2n) is 12.1. The average molecular weight is 639 g/mol. The van der Waals surface area contributed by atoms with Crippen LogP contribution in [0.15, 0.2) is 47.4 Å². The normalized spacial score (nSPS) is 26.6. The highest BCUT2D eigenvalue weighted by molar-refractivity contribution is 7.85. The fourth-order valence-electron chi connectivity index (χ4n) is 7.71. The number of piperidine rings is 1. The van der Waals surface area contributed by atoms with E-state index in [9.17, 15) is 22.6 Å². The highest BCUT2D eigenvalue weighted by Crippen LogP contribution is 2.50. The van der Waals surface area contributed by atoms with E-state index in [1.54, 1.807) is 26.2 Å². The van der Waals surface area contributed by atoms with Crippen LogP contribution in [0.4, 0.5) is 0 Å². The Morgan fingerprint density at radius 1 is 1.09 bits per heavy atom.